The number of para-hydroxylation sites is 2. The summed E-state index contributed by atoms with van der Waals surface area (Å²) in [4.78, 5) is 26.4. The van der Waals surface area contributed by atoms with Crippen molar-refractivity contribution >= 4 is 59.6 Å². The van der Waals surface area contributed by atoms with Crippen LogP contribution in [0, 0.1) is 0 Å². The Bertz CT molecular complexity index is 2270. The first-order valence-electron chi connectivity index (χ1n) is 13.0. The van der Waals surface area contributed by atoms with E-state index in [0.717, 1.165) is 10.2 Å². The van der Waals surface area contributed by atoms with Crippen LogP contribution in [0.5, 0.6) is 0 Å². The highest BCUT2D eigenvalue weighted by atomic mass is 32.2. The van der Waals surface area contributed by atoms with Gasteiger partial charge in [0.1, 0.15) is 0 Å². The molecule has 6 rings (SSSR count). The van der Waals surface area contributed by atoms with E-state index in [1.54, 1.807) is 84.9 Å². The zero-order valence-corrected chi connectivity index (χ0v) is 24.0. The molecule has 6 aromatic rings. The Morgan fingerprint density at radius 3 is 1.63 bits per heavy atom. The Morgan fingerprint density at radius 2 is 1.05 bits per heavy atom. The normalized spacial score (nSPS) is 12.2. The standard InChI is InChI=1S/C32H23N3O6S2/c36-31(28-22-35(30-18-10-8-16-27(28)30)43(40,41)25-13-5-2-6-14-25)32(37)33-20-19-23-21-34(29-17-9-7-15-26(23)29)42(38,39)24-11-3-1-4-12-24/h1-22H,(H,33,37)/b20-19+. The molecule has 43 heavy (non-hydrogen) atoms. The molecule has 1 amide bonds. The average molecular weight is 610 g/mol. The second-order valence-electron chi connectivity index (χ2n) is 9.53. The SMILES string of the molecule is O=C(N/C=C/c1cn(S(=O)(=O)c2ccccc2)c2ccccc12)C(=O)c1cn(S(=O)(=O)c2ccccc2)c2ccccc12. The first-order valence-corrected chi connectivity index (χ1v) is 15.9. The van der Waals surface area contributed by atoms with Crippen LogP contribution in [0.25, 0.3) is 27.9 Å². The molecule has 11 heteroatoms. The van der Waals surface area contributed by atoms with Crippen LogP contribution < -0.4 is 5.32 Å². The predicted octanol–water partition coefficient (Wildman–Crippen LogP) is 5.04. The lowest BCUT2D eigenvalue weighted by atomic mass is 10.1. The quantitative estimate of drug-likeness (QED) is 0.191. The number of carbonyl (C=O) groups is 2. The number of carbonyl (C=O) groups excluding carboxylic acids is 2. The average Bonchev–Trinajstić information content (AvgIpc) is 3.62. The van der Waals surface area contributed by atoms with E-state index in [9.17, 15) is 26.4 Å². The molecule has 0 aliphatic carbocycles. The molecular formula is C32H23N3O6S2. The van der Waals surface area contributed by atoms with Crippen molar-refractivity contribution in [1.29, 1.82) is 0 Å². The van der Waals surface area contributed by atoms with Gasteiger partial charge < -0.3 is 5.32 Å². The maximum absolute atomic E-state index is 13.3. The number of ketones is 1. The zero-order valence-electron chi connectivity index (χ0n) is 22.4. The van der Waals surface area contributed by atoms with E-state index in [1.165, 1.54) is 46.7 Å². The van der Waals surface area contributed by atoms with Gasteiger partial charge in [0.05, 0.1) is 26.4 Å². The van der Waals surface area contributed by atoms with Gasteiger partial charge in [-0.05, 0) is 42.5 Å². The van der Waals surface area contributed by atoms with Gasteiger partial charge in [0.2, 0.25) is 0 Å². The summed E-state index contributed by atoms with van der Waals surface area (Å²) < 4.78 is 55.5. The number of nitrogens with zero attached hydrogens (tertiary/aromatic N) is 2. The second-order valence-corrected chi connectivity index (χ2v) is 13.2. The van der Waals surface area contributed by atoms with E-state index in [2.05, 4.69) is 5.32 Å². The molecule has 0 atom stereocenters. The van der Waals surface area contributed by atoms with Gasteiger partial charge in [0, 0.05) is 34.9 Å². The third kappa shape index (κ3) is 4.94. The molecule has 2 heterocycles. The largest absolute Gasteiger partial charge is 0.326 e. The van der Waals surface area contributed by atoms with Crippen LogP contribution in [0.3, 0.4) is 0 Å². The van der Waals surface area contributed by atoms with Crippen molar-refractivity contribution in [2.75, 3.05) is 0 Å². The number of rotatable bonds is 8. The fraction of sp³-hybridized carbons (Fsp3) is 0. The van der Waals surface area contributed by atoms with Crippen LogP contribution in [-0.2, 0) is 24.8 Å². The maximum Gasteiger partial charge on any atom is 0.296 e. The van der Waals surface area contributed by atoms with E-state index in [1.807, 2.05) is 0 Å². The molecule has 0 saturated carbocycles. The maximum atomic E-state index is 13.3. The highest BCUT2D eigenvalue weighted by Crippen LogP contribution is 2.28. The number of Topliss-reactive ketones (excluding diaryl/α,β-unsaturated/α-hetero) is 1. The summed E-state index contributed by atoms with van der Waals surface area (Å²) in [5.74, 6) is -1.92. The summed E-state index contributed by atoms with van der Waals surface area (Å²) >= 11 is 0. The molecule has 2 aromatic heterocycles. The number of aromatic nitrogens is 2. The van der Waals surface area contributed by atoms with E-state index in [4.69, 9.17) is 0 Å². The van der Waals surface area contributed by atoms with Crippen LogP contribution >= 0.6 is 0 Å². The van der Waals surface area contributed by atoms with Gasteiger partial charge in [-0.15, -0.1) is 0 Å². The van der Waals surface area contributed by atoms with E-state index in [-0.39, 0.29) is 20.9 Å². The monoisotopic (exact) mass is 609 g/mol. The molecule has 9 nitrogen and oxygen atoms in total. The number of amides is 1. The Labute approximate surface area is 247 Å². The molecule has 0 fully saturated rings. The van der Waals surface area contributed by atoms with Crippen LogP contribution in [0.1, 0.15) is 15.9 Å². The summed E-state index contributed by atoms with van der Waals surface area (Å²) in [6.45, 7) is 0. The van der Waals surface area contributed by atoms with Gasteiger partial charge >= 0.3 is 0 Å². The van der Waals surface area contributed by atoms with Gasteiger partial charge in [-0.2, -0.15) is 0 Å². The molecule has 4 aromatic carbocycles. The number of hydrogen-bond donors (Lipinski definition) is 1. The van der Waals surface area contributed by atoms with Crippen LogP contribution in [0.15, 0.2) is 138 Å². The molecular weight excluding hydrogens is 587 g/mol. The van der Waals surface area contributed by atoms with Gasteiger partial charge in [-0.25, -0.2) is 24.8 Å². The molecule has 0 radical (unpaired) electrons. The molecule has 0 spiro atoms. The Balaban J connectivity index is 1.30. The fourth-order valence-corrected chi connectivity index (χ4v) is 7.63. The van der Waals surface area contributed by atoms with Crippen LogP contribution in [0.4, 0.5) is 0 Å². The van der Waals surface area contributed by atoms with Crippen molar-refractivity contribution in [2.24, 2.45) is 0 Å². The lowest BCUT2D eigenvalue weighted by molar-refractivity contribution is -0.116. The van der Waals surface area contributed by atoms with E-state index < -0.39 is 31.7 Å². The topological polar surface area (TPSA) is 124 Å². The molecule has 0 aliphatic rings. The summed E-state index contributed by atoms with van der Waals surface area (Å²) in [6.07, 6.45) is 5.34. The number of fused-ring (bicyclic) bond motifs is 2. The van der Waals surface area contributed by atoms with Crippen molar-refractivity contribution in [3.8, 4) is 0 Å². The molecule has 0 aliphatic heterocycles. The smallest absolute Gasteiger partial charge is 0.296 e. The molecule has 214 valence electrons. The lowest BCUT2D eigenvalue weighted by Crippen LogP contribution is -2.26. The third-order valence-corrected chi connectivity index (χ3v) is 10.3. The van der Waals surface area contributed by atoms with Gasteiger partial charge in [0.15, 0.2) is 0 Å². The van der Waals surface area contributed by atoms with E-state index >= 15 is 0 Å². The molecule has 0 saturated heterocycles. The molecule has 1 N–H and O–H groups in total. The highest BCUT2D eigenvalue weighted by Gasteiger charge is 2.26. The van der Waals surface area contributed by atoms with Crippen LogP contribution in [-0.4, -0.2) is 36.5 Å². The summed E-state index contributed by atoms with van der Waals surface area (Å²) in [6, 6.07) is 29.1. The third-order valence-electron chi connectivity index (χ3n) is 6.92. The summed E-state index contributed by atoms with van der Waals surface area (Å²) in [5.41, 5.74) is 1.12. The lowest BCUT2D eigenvalue weighted by Gasteiger charge is -2.07. The Hall–Kier alpha value is -5.26. The van der Waals surface area contributed by atoms with Crippen molar-refractivity contribution in [3.05, 3.63) is 139 Å². The number of nitrogens with one attached hydrogen (secondary N) is 1. The van der Waals surface area contributed by atoms with Crippen LogP contribution in [0.2, 0.25) is 0 Å². The Kier molecular flexibility index (Phi) is 7.04. The number of hydrogen-bond acceptors (Lipinski definition) is 6. The van der Waals surface area contributed by atoms with Crippen molar-refractivity contribution < 1.29 is 26.4 Å². The minimum Gasteiger partial charge on any atom is -0.326 e. The fourth-order valence-electron chi connectivity index (χ4n) is 4.84. The first-order chi connectivity index (χ1) is 20.7. The second kappa shape index (κ2) is 10.9. The van der Waals surface area contributed by atoms with E-state index in [0.29, 0.717) is 21.9 Å². The van der Waals surface area contributed by atoms with Gasteiger partial charge in [0.25, 0.3) is 31.7 Å². The Morgan fingerprint density at radius 1 is 0.581 bits per heavy atom. The minimum absolute atomic E-state index is 0.0376. The zero-order chi connectivity index (χ0) is 30.2. The van der Waals surface area contributed by atoms with Crippen molar-refractivity contribution in [3.63, 3.8) is 0 Å². The summed E-state index contributed by atoms with van der Waals surface area (Å²) in [7, 11) is -7.94. The first kappa shape index (κ1) is 27.9. The highest BCUT2D eigenvalue weighted by molar-refractivity contribution is 7.90. The molecule has 0 unspecified atom stereocenters. The van der Waals surface area contributed by atoms with Gasteiger partial charge in [-0.1, -0.05) is 72.8 Å². The van der Waals surface area contributed by atoms with Crippen molar-refractivity contribution in [1.82, 2.24) is 13.3 Å². The molecule has 0 bridgehead atoms. The minimum atomic E-state index is -4.04. The number of benzene rings is 4. The van der Waals surface area contributed by atoms with Gasteiger partial charge in [-0.3, -0.25) is 9.59 Å². The van der Waals surface area contributed by atoms with Crippen molar-refractivity contribution in [2.45, 2.75) is 9.79 Å². The predicted molar refractivity (Wildman–Crippen MR) is 163 cm³/mol. The summed E-state index contributed by atoms with van der Waals surface area (Å²) in [5, 5.41) is 3.36.